The lowest BCUT2D eigenvalue weighted by atomic mass is 9.94. The molecule has 0 bridgehead atoms. The van der Waals surface area contributed by atoms with E-state index >= 15 is 0 Å². The second kappa shape index (κ2) is 6.21. The summed E-state index contributed by atoms with van der Waals surface area (Å²) in [5, 5.41) is 6.29. The number of rotatable bonds is 4. The summed E-state index contributed by atoms with van der Waals surface area (Å²) in [7, 11) is 3.48. The van der Waals surface area contributed by atoms with E-state index in [2.05, 4.69) is 24.5 Å². The molecule has 0 spiro atoms. The maximum atomic E-state index is 11.3. The fourth-order valence-corrected chi connectivity index (χ4v) is 2.01. The van der Waals surface area contributed by atoms with Gasteiger partial charge in [0.05, 0.1) is 5.60 Å². The van der Waals surface area contributed by atoms with E-state index in [0.717, 1.165) is 26.0 Å². The highest BCUT2D eigenvalue weighted by molar-refractivity contribution is 5.73. The molecule has 5 nitrogen and oxygen atoms in total. The molecule has 1 aliphatic rings. The Morgan fingerprint density at radius 2 is 2.12 bits per heavy atom. The molecule has 1 saturated heterocycles. The van der Waals surface area contributed by atoms with Gasteiger partial charge in [-0.15, -0.1) is 0 Å². The molecule has 0 aliphatic carbocycles. The Balaban J connectivity index is 2.12. The molecular weight excluding hydrogens is 218 g/mol. The van der Waals surface area contributed by atoms with Crippen LogP contribution in [0.25, 0.3) is 0 Å². The third-order valence-electron chi connectivity index (χ3n) is 2.94. The quantitative estimate of drug-likeness (QED) is 0.718. The summed E-state index contributed by atoms with van der Waals surface area (Å²) in [6.07, 6.45) is 2.07. The Morgan fingerprint density at radius 1 is 1.41 bits per heavy atom. The molecule has 0 radical (unpaired) electrons. The summed E-state index contributed by atoms with van der Waals surface area (Å²) in [5.41, 5.74) is -0.0250. The summed E-state index contributed by atoms with van der Waals surface area (Å²) >= 11 is 0. The maximum Gasteiger partial charge on any atom is 0.316 e. The van der Waals surface area contributed by atoms with Gasteiger partial charge in [-0.05, 0) is 26.7 Å². The van der Waals surface area contributed by atoms with Gasteiger partial charge >= 0.3 is 6.03 Å². The lowest BCUT2D eigenvalue weighted by Gasteiger charge is -2.36. The van der Waals surface area contributed by atoms with Crippen LogP contribution >= 0.6 is 0 Å². The number of carbonyl (C=O) groups excluding carboxylic acids is 1. The molecule has 2 N–H and O–H groups in total. The van der Waals surface area contributed by atoms with Crippen molar-refractivity contribution in [3.05, 3.63) is 0 Å². The number of amides is 2. The van der Waals surface area contributed by atoms with E-state index in [1.807, 2.05) is 0 Å². The van der Waals surface area contributed by atoms with Crippen LogP contribution in [-0.2, 0) is 4.74 Å². The van der Waals surface area contributed by atoms with Gasteiger partial charge in [-0.3, -0.25) is 0 Å². The van der Waals surface area contributed by atoms with Gasteiger partial charge in [-0.1, -0.05) is 0 Å². The third kappa shape index (κ3) is 5.37. The van der Waals surface area contributed by atoms with E-state index in [1.54, 1.807) is 14.1 Å². The molecule has 17 heavy (non-hydrogen) atoms. The van der Waals surface area contributed by atoms with Gasteiger partial charge < -0.3 is 20.3 Å². The summed E-state index contributed by atoms with van der Waals surface area (Å²) in [6.45, 7) is 6.52. The van der Waals surface area contributed by atoms with Gasteiger partial charge in [-0.2, -0.15) is 0 Å². The van der Waals surface area contributed by atoms with Crippen molar-refractivity contribution < 1.29 is 9.53 Å². The number of carbonyl (C=O) groups is 1. The monoisotopic (exact) mass is 243 g/mol. The molecular formula is C12H25N3O2. The van der Waals surface area contributed by atoms with Crippen LogP contribution in [0.4, 0.5) is 4.79 Å². The fourth-order valence-electron chi connectivity index (χ4n) is 2.01. The van der Waals surface area contributed by atoms with Crippen molar-refractivity contribution in [2.45, 2.75) is 38.3 Å². The number of nitrogens with zero attached hydrogens (tertiary/aromatic N) is 1. The highest BCUT2D eigenvalue weighted by atomic mass is 16.5. The zero-order valence-electron chi connectivity index (χ0n) is 11.4. The Labute approximate surface area is 104 Å². The molecule has 2 amide bonds. The lowest BCUT2D eigenvalue weighted by molar-refractivity contribution is -0.0627. The Kier molecular flexibility index (Phi) is 5.21. The fraction of sp³-hybridized carbons (Fsp3) is 0.917. The third-order valence-corrected chi connectivity index (χ3v) is 2.94. The first-order valence-corrected chi connectivity index (χ1v) is 6.23. The number of urea groups is 1. The number of nitrogens with one attached hydrogen (secondary N) is 2. The first kappa shape index (κ1) is 14.3. The van der Waals surface area contributed by atoms with Crippen molar-refractivity contribution in [2.75, 3.05) is 33.8 Å². The van der Waals surface area contributed by atoms with Crippen LogP contribution in [0.1, 0.15) is 26.7 Å². The summed E-state index contributed by atoms with van der Waals surface area (Å²) in [6, 6.07) is 0.453. The summed E-state index contributed by atoms with van der Waals surface area (Å²) in [4.78, 5) is 12.8. The average molecular weight is 243 g/mol. The van der Waals surface area contributed by atoms with Crippen molar-refractivity contribution in [3.8, 4) is 0 Å². The first-order valence-electron chi connectivity index (χ1n) is 6.23. The molecule has 1 heterocycles. The SMILES string of the molecule is CN(C)C(=O)NCCNC1CCOC(C)(C)C1. The van der Waals surface area contributed by atoms with Gasteiger partial charge in [0.2, 0.25) is 0 Å². The molecule has 5 heteroatoms. The minimum atomic E-state index is -0.0425. The van der Waals surface area contributed by atoms with Gasteiger partial charge in [0.25, 0.3) is 0 Å². The molecule has 1 unspecified atom stereocenters. The highest BCUT2D eigenvalue weighted by Crippen LogP contribution is 2.23. The predicted molar refractivity (Wildman–Crippen MR) is 68.1 cm³/mol. The zero-order valence-corrected chi connectivity index (χ0v) is 11.4. The van der Waals surface area contributed by atoms with Gasteiger partial charge in [0.15, 0.2) is 0 Å². The molecule has 1 atom stereocenters. The van der Waals surface area contributed by atoms with E-state index in [-0.39, 0.29) is 11.6 Å². The van der Waals surface area contributed by atoms with Crippen LogP contribution in [0, 0.1) is 0 Å². The van der Waals surface area contributed by atoms with E-state index in [1.165, 1.54) is 4.90 Å². The van der Waals surface area contributed by atoms with Gasteiger partial charge in [-0.25, -0.2) is 4.79 Å². The standard InChI is InChI=1S/C12H25N3O2/c1-12(2)9-10(5-8-17-12)13-6-7-14-11(16)15(3)4/h10,13H,5-9H2,1-4H3,(H,14,16). The predicted octanol–water partition coefficient (Wildman–Crippen LogP) is 0.805. The molecule has 1 fully saturated rings. The Morgan fingerprint density at radius 3 is 2.71 bits per heavy atom. The topological polar surface area (TPSA) is 53.6 Å². The molecule has 0 saturated carbocycles. The Bertz CT molecular complexity index is 254. The van der Waals surface area contributed by atoms with E-state index < -0.39 is 0 Å². The molecule has 1 rings (SSSR count). The number of ether oxygens (including phenoxy) is 1. The van der Waals surface area contributed by atoms with Crippen molar-refractivity contribution in [2.24, 2.45) is 0 Å². The molecule has 100 valence electrons. The molecule has 0 aromatic carbocycles. The average Bonchev–Trinajstić information content (AvgIpc) is 2.22. The lowest BCUT2D eigenvalue weighted by Crippen LogP contribution is -2.46. The second-order valence-corrected chi connectivity index (χ2v) is 5.38. The minimum Gasteiger partial charge on any atom is -0.375 e. The zero-order chi connectivity index (χ0) is 12.9. The molecule has 1 aliphatic heterocycles. The largest absolute Gasteiger partial charge is 0.375 e. The van der Waals surface area contributed by atoms with Gasteiger partial charge in [0, 0.05) is 39.8 Å². The van der Waals surface area contributed by atoms with Crippen LogP contribution in [0.2, 0.25) is 0 Å². The Hall–Kier alpha value is -0.810. The smallest absolute Gasteiger partial charge is 0.316 e. The van der Waals surface area contributed by atoms with Crippen LogP contribution < -0.4 is 10.6 Å². The van der Waals surface area contributed by atoms with Gasteiger partial charge in [0.1, 0.15) is 0 Å². The molecule has 0 aromatic heterocycles. The normalized spacial score (nSPS) is 23.2. The van der Waals surface area contributed by atoms with Crippen molar-refractivity contribution in [3.63, 3.8) is 0 Å². The second-order valence-electron chi connectivity index (χ2n) is 5.38. The van der Waals surface area contributed by atoms with Crippen molar-refractivity contribution >= 4 is 6.03 Å². The van der Waals surface area contributed by atoms with E-state index in [0.29, 0.717) is 12.6 Å². The van der Waals surface area contributed by atoms with Crippen LogP contribution in [-0.4, -0.2) is 56.4 Å². The van der Waals surface area contributed by atoms with Crippen LogP contribution in [0.15, 0.2) is 0 Å². The summed E-state index contributed by atoms with van der Waals surface area (Å²) < 4.78 is 5.66. The van der Waals surface area contributed by atoms with Crippen molar-refractivity contribution in [1.29, 1.82) is 0 Å². The maximum absolute atomic E-state index is 11.3. The number of hydrogen-bond acceptors (Lipinski definition) is 3. The van der Waals surface area contributed by atoms with Crippen LogP contribution in [0.3, 0.4) is 0 Å². The van der Waals surface area contributed by atoms with Crippen LogP contribution in [0.5, 0.6) is 0 Å². The molecule has 0 aromatic rings. The van der Waals surface area contributed by atoms with Crippen molar-refractivity contribution in [1.82, 2.24) is 15.5 Å². The first-order chi connectivity index (χ1) is 7.91. The van der Waals surface area contributed by atoms with E-state index in [9.17, 15) is 4.79 Å². The summed E-state index contributed by atoms with van der Waals surface area (Å²) in [5.74, 6) is 0. The highest BCUT2D eigenvalue weighted by Gasteiger charge is 2.28. The van der Waals surface area contributed by atoms with E-state index in [4.69, 9.17) is 4.74 Å². The number of hydrogen-bond donors (Lipinski definition) is 2. The minimum absolute atomic E-state index is 0.0250.